The lowest BCUT2D eigenvalue weighted by molar-refractivity contribution is 0.128. The van der Waals surface area contributed by atoms with Crippen LogP contribution in [0.1, 0.15) is 38.3 Å². The molecule has 4 heteroatoms. The van der Waals surface area contributed by atoms with Crippen LogP contribution in [0.2, 0.25) is 0 Å². The van der Waals surface area contributed by atoms with Gasteiger partial charge in [0.2, 0.25) is 0 Å². The molecule has 1 aliphatic heterocycles. The average molecular weight is 329 g/mol. The van der Waals surface area contributed by atoms with Gasteiger partial charge in [-0.3, -0.25) is 4.90 Å². The minimum atomic E-state index is -0.196. The summed E-state index contributed by atoms with van der Waals surface area (Å²) in [4.78, 5) is 2.51. The van der Waals surface area contributed by atoms with Crippen LogP contribution in [0.3, 0.4) is 0 Å². The summed E-state index contributed by atoms with van der Waals surface area (Å²) in [6.45, 7) is 7.61. The van der Waals surface area contributed by atoms with Gasteiger partial charge < -0.3 is 5.32 Å². The number of nitrogens with zero attached hydrogens (tertiary/aromatic N) is 1. The molecule has 1 aromatic rings. The number of hydrogen-bond acceptors (Lipinski definition) is 2. The summed E-state index contributed by atoms with van der Waals surface area (Å²) in [6.07, 6.45) is 2.48. The van der Waals surface area contributed by atoms with Crippen molar-refractivity contribution < 1.29 is 4.39 Å². The molecule has 2 rings (SSSR count). The Labute approximate surface area is 123 Å². The molecule has 0 aliphatic carbocycles. The van der Waals surface area contributed by atoms with E-state index in [0.29, 0.717) is 16.6 Å². The zero-order valence-corrected chi connectivity index (χ0v) is 13.2. The minimum Gasteiger partial charge on any atom is -0.315 e. The predicted molar refractivity (Wildman–Crippen MR) is 80.8 cm³/mol. The van der Waals surface area contributed by atoms with Crippen molar-refractivity contribution >= 4 is 15.9 Å². The third kappa shape index (κ3) is 3.56. The number of likely N-dealkylation sites (N-methyl/N-ethyl adjacent to an activating group) is 1. The van der Waals surface area contributed by atoms with E-state index in [9.17, 15) is 4.39 Å². The highest BCUT2D eigenvalue weighted by molar-refractivity contribution is 9.10. The number of piperidine rings is 1. The van der Waals surface area contributed by atoms with Crippen molar-refractivity contribution in [2.45, 2.75) is 38.8 Å². The Balaban J connectivity index is 2.14. The quantitative estimate of drug-likeness (QED) is 0.906. The van der Waals surface area contributed by atoms with Gasteiger partial charge in [-0.25, -0.2) is 4.39 Å². The molecule has 2 unspecified atom stereocenters. The van der Waals surface area contributed by atoms with Crippen LogP contribution in [-0.4, -0.2) is 30.6 Å². The largest absolute Gasteiger partial charge is 0.315 e. The molecule has 1 heterocycles. The van der Waals surface area contributed by atoms with Crippen molar-refractivity contribution in [1.82, 2.24) is 10.2 Å². The lowest BCUT2D eigenvalue weighted by Crippen LogP contribution is -2.46. The van der Waals surface area contributed by atoms with E-state index in [4.69, 9.17) is 0 Å². The summed E-state index contributed by atoms with van der Waals surface area (Å²) in [5, 5.41) is 3.47. The van der Waals surface area contributed by atoms with Crippen LogP contribution in [0, 0.1) is 5.82 Å². The highest BCUT2D eigenvalue weighted by Crippen LogP contribution is 2.27. The molecule has 0 saturated carbocycles. The number of benzene rings is 1. The second-order valence-corrected chi connectivity index (χ2v) is 6.03. The fourth-order valence-corrected chi connectivity index (χ4v) is 3.33. The molecule has 0 amide bonds. The van der Waals surface area contributed by atoms with Gasteiger partial charge in [-0.1, -0.05) is 13.0 Å². The highest BCUT2D eigenvalue weighted by atomic mass is 79.9. The Hall–Kier alpha value is -0.450. The molecule has 0 aromatic heterocycles. The average Bonchev–Trinajstić information content (AvgIpc) is 2.44. The molecule has 106 valence electrons. The normalized spacial score (nSPS) is 21.6. The van der Waals surface area contributed by atoms with Crippen LogP contribution in [0.15, 0.2) is 22.7 Å². The molecule has 1 aliphatic rings. The van der Waals surface area contributed by atoms with Crippen LogP contribution in [-0.2, 0) is 0 Å². The Morgan fingerprint density at radius 1 is 1.53 bits per heavy atom. The Morgan fingerprint density at radius 3 is 2.89 bits per heavy atom. The molecule has 0 spiro atoms. The van der Waals surface area contributed by atoms with Crippen molar-refractivity contribution in [2.75, 3.05) is 19.6 Å². The Bertz CT molecular complexity index is 419. The van der Waals surface area contributed by atoms with Crippen LogP contribution in [0.5, 0.6) is 0 Å². The predicted octanol–water partition coefficient (Wildman–Crippen LogP) is 3.72. The van der Waals surface area contributed by atoms with Gasteiger partial charge in [0.05, 0.1) is 4.47 Å². The summed E-state index contributed by atoms with van der Waals surface area (Å²) in [7, 11) is 0. The van der Waals surface area contributed by atoms with Crippen LogP contribution >= 0.6 is 15.9 Å². The van der Waals surface area contributed by atoms with Crippen molar-refractivity contribution in [3.05, 3.63) is 34.1 Å². The first-order valence-corrected chi connectivity index (χ1v) is 7.84. The zero-order chi connectivity index (χ0) is 13.8. The first kappa shape index (κ1) is 14.9. The van der Waals surface area contributed by atoms with E-state index < -0.39 is 0 Å². The first-order chi connectivity index (χ1) is 9.13. The molecule has 0 radical (unpaired) electrons. The van der Waals surface area contributed by atoms with Gasteiger partial charge in [0.15, 0.2) is 0 Å². The van der Waals surface area contributed by atoms with Crippen molar-refractivity contribution in [2.24, 2.45) is 0 Å². The highest BCUT2D eigenvalue weighted by Gasteiger charge is 2.24. The maximum Gasteiger partial charge on any atom is 0.137 e. The molecule has 1 N–H and O–H groups in total. The van der Waals surface area contributed by atoms with Gasteiger partial charge in [0.1, 0.15) is 5.82 Å². The maximum atomic E-state index is 13.3. The molecule has 0 bridgehead atoms. The van der Waals surface area contributed by atoms with Crippen LogP contribution in [0.25, 0.3) is 0 Å². The number of rotatable bonds is 4. The summed E-state index contributed by atoms with van der Waals surface area (Å²) in [5.74, 6) is -0.196. The van der Waals surface area contributed by atoms with E-state index >= 15 is 0 Å². The number of hydrogen-bond donors (Lipinski definition) is 1. The summed E-state index contributed by atoms with van der Waals surface area (Å²) in [5.41, 5.74) is 1.17. The van der Waals surface area contributed by atoms with Gasteiger partial charge in [0.25, 0.3) is 0 Å². The Kier molecular flexibility index (Phi) is 5.37. The zero-order valence-electron chi connectivity index (χ0n) is 11.6. The lowest BCUT2D eigenvalue weighted by Gasteiger charge is -2.38. The second-order valence-electron chi connectivity index (χ2n) is 5.18. The SMILES string of the molecule is CCN(C1CCCNC1)C(C)c1ccc(F)c(Br)c1. The summed E-state index contributed by atoms with van der Waals surface area (Å²) in [6, 6.07) is 6.23. The van der Waals surface area contributed by atoms with E-state index in [1.807, 2.05) is 12.1 Å². The third-order valence-electron chi connectivity index (χ3n) is 4.03. The summed E-state index contributed by atoms with van der Waals surface area (Å²) < 4.78 is 13.9. The molecule has 2 atom stereocenters. The third-order valence-corrected chi connectivity index (χ3v) is 4.64. The lowest BCUT2D eigenvalue weighted by atomic mass is 10.0. The van der Waals surface area contributed by atoms with Gasteiger partial charge >= 0.3 is 0 Å². The van der Waals surface area contributed by atoms with E-state index in [0.717, 1.165) is 19.6 Å². The van der Waals surface area contributed by atoms with Gasteiger partial charge in [-0.2, -0.15) is 0 Å². The van der Waals surface area contributed by atoms with Crippen molar-refractivity contribution in [3.8, 4) is 0 Å². The topological polar surface area (TPSA) is 15.3 Å². The van der Waals surface area contributed by atoms with Crippen LogP contribution < -0.4 is 5.32 Å². The van der Waals surface area contributed by atoms with Crippen LogP contribution in [0.4, 0.5) is 4.39 Å². The molecule has 19 heavy (non-hydrogen) atoms. The maximum absolute atomic E-state index is 13.3. The van der Waals surface area contributed by atoms with Crippen molar-refractivity contribution in [1.29, 1.82) is 0 Å². The van der Waals surface area contributed by atoms with E-state index in [-0.39, 0.29) is 5.82 Å². The van der Waals surface area contributed by atoms with E-state index in [1.54, 1.807) is 6.07 Å². The fourth-order valence-electron chi connectivity index (χ4n) is 2.93. The van der Waals surface area contributed by atoms with Crippen molar-refractivity contribution in [3.63, 3.8) is 0 Å². The molecular formula is C15H22BrFN2. The number of nitrogens with one attached hydrogen (secondary N) is 1. The standard InChI is InChI=1S/C15H22BrFN2/c1-3-19(13-5-4-8-18-10-13)11(2)12-6-7-15(17)14(16)9-12/h6-7,9,11,13,18H,3-5,8,10H2,1-2H3. The van der Waals surface area contributed by atoms with E-state index in [1.165, 1.54) is 18.4 Å². The molecule has 1 saturated heterocycles. The second kappa shape index (κ2) is 6.82. The van der Waals surface area contributed by atoms with Gasteiger partial charge in [0, 0.05) is 18.6 Å². The monoisotopic (exact) mass is 328 g/mol. The molecule has 1 aromatic carbocycles. The summed E-state index contributed by atoms with van der Waals surface area (Å²) >= 11 is 3.28. The fraction of sp³-hybridized carbons (Fsp3) is 0.600. The molecular weight excluding hydrogens is 307 g/mol. The smallest absolute Gasteiger partial charge is 0.137 e. The molecule has 1 fully saturated rings. The van der Waals surface area contributed by atoms with Gasteiger partial charge in [-0.05, 0) is 66.5 Å². The van der Waals surface area contributed by atoms with E-state index in [2.05, 4.69) is 40.0 Å². The minimum absolute atomic E-state index is 0.196. The first-order valence-electron chi connectivity index (χ1n) is 7.05. The number of halogens is 2. The van der Waals surface area contributed by atoms with Gasteiger partial charge in [-0.15, -0.1) is 0 Å². The Morgan fingerprint density at radius 2 is 2.32 bits per heavy atom. The molecule has 2 nitrogen and oxygen atoms in total.